The second-order valence-electron chi connectivity index (χ2n) is 7.66. The normalized spacial score (nSPS) is 22.9. The van der Waals surface area contributed by atoms with Crippen LogP contribution in [0.2, 0.25) is 25.7 Å². The fourth-order valence-corrected chi connectivity index (χ4v) is 3.87. The average Bonchev–Trinajstić information content (AvgIpc) is 2.39. The van der Waals surface area contributed by atoms with E-state index >= 15 is 0 Å². The Bertz CT molecular complexity index is 325. The first-order chi connectivity index (χ1) is 9.40. The van der Waals surface area contributed by atoms with Gasteiger partial charge >= 0.3 is 6.09 Å². The van der Waals surface area contributed by atoms with Gasteiger partial charge in [0.15, 0.2) is 0 Å². The van der Waals surface area contributed by atoms with E-state index in [-0.39, 0.29) is 6.09 Å². The lowest BCUT2D eigenvalue weighted by Gasteiger charge is -2.44. The van der Waals surface area contributed by atoms with Crippen LogP contribution < -0.4 is 5.32 Å². The predicted molar refractivity (Wildman–Crippen MR) is 84.8 cm³/mol. The molecule has 0 radical (unpaired) electrons. The molecule has 4 nitrogen and oxygen atoms in total. The molecule has 2 heterocycles. The number of rotatable bonds is 3. The Morgan fingerprint density at radius 2 is 1.75 bits per heavy atom. The molecular weight excluding hydrogens is 268 g/mol. The summed E-state index contributed by atoms with van der Waals surface area (Å²) < 4.78 is 5.44. The molecule has 2 saturated heterocycles. The molecule has 1 N–H and O–H groups in total. The molecule has 5 heteroatoms. The second kappa shape index (κ2) is 6.48. The van der Waals surface area contributed by atoms with Crippen LogP contribution in [-0.2, 0) is 4.74 Å². The number of hydrogen-bond acceptors (Lipinski definition) is 3. The maximum Gasteiger partial charge on any atom is 0.409 e. The van der Waals surface area contributed by atoms with Gasteiger partial charge in [0.2, 0.25) is 0 Å². The third kappa shape index (κ3) is 4.48. The first-order valence-electron chi connectivity index (χ1n) is 8.03. The van der Waals surface area contributed by atoms with E-state index in [1.165, 1.54) is 12.8 Å². The molecule has 0 saturated carbocycles. The van der Waals surface area contributed by atoms with Crippen LogP contribution in [0.4, 0.5) is 4.79 Å². The van der Waals surface area contributed by atoms with Crippen LogP contribution in [-0.4, -0.2) is 51.9 Å². The van der Waals surface area contributed by atoms with E-state index in [0.29, 0.717) is 12.0 Å². The Kier molecular flexibility index (Phi) is 5.12. The molecule has 2 rings (SSSR count). The van der Waals surface area contributed by atoms with Crippen molar-refractivity contribution in [2.75, 3.05) is 32.8 Å². The fourth-order valence-electron chi connectivity index (χ4n) is 3.16. The van der Waals surface area contributed by atoms with Crippen molar-refractivity contribution in [3.63, 3.8) is 0 Å². The van der Waals surface area contributed by atoms with Crippen molar-refractivity contribution in [2.24, 2.45) is 5.41 Å². The minimum absolute atomic E-state index is 0.0907. The van der Waals surface area contributed by atoms with E-state index in [0.717, 1.165) is 45.1 Å². The smallest absolute Gasteiger partial charge is 0.409 e. The van der Waals surface area contributed by atoms with Crippen molar-refractivity contribution in [1.29, 1.82) is 0 Å². The molecule has 0 aliphatic carbocycles. The van der Waals surface area contributed by atoms with Crippen LogP contribution in [0.5, 0.6) is 0 Å². The molecule has 0 aromatic carbocycles. The zero-order valence-corrected chi connectivity index (χ0v) is 14.3. The highest BCUT2D eigenvalue weighted by atomic mass is 28.3. The molecule has 0 aromatic heterocycles. The molecule has 1 spiro atoms. The molecule has 20 heavy (non-hydrogen) atoms. The maximum absolute atomic E-state index is 12.1. The minimum atomic E-state index is -1.11. The second-order valence-corrected chi connectivity index (χ2v) is 13.3. The third-order valence-electron chi connectivity index (χ3n) is 4.82. The standard InChI is InChI=1S/C15H30N2O2Si/c1-20(2,3)13-12-19-14(18)17-10-6-15(7-11-17)4-8-16-9-5-15/h16H,4-13H2,1-3H3. The van der Waals surface area contributed by atoms with E-state index in [1.54, 1.807) is 0 Å². The molecule has 0 aromatic rings. The molecule has 0 unspecified atom stereocenters. The van der Waals surface area contributed by atoms with Crippen molar-refractivity contribution in [3.8, 4) is 0 Å². The summed E-state index contributed by atoms with van der Waals surface area (Å²) in [5, 5.41) is 3.43. The number of piperidine rings is 2. The Morgan fingerprint density at radius 1 is 1.15 bits per heavy atom. The van der Waals surface area contributed by atoms with Gasteiger partial charge in [-0.15, -0.1) is 0 Å². The van der Waals surface area contributed by atoms with Gasteiger partial charge < -0.3 is 15.0 Å². The average molecular weight is 299 g/mol. The lowest BCUT2D eigenvalue weighted by Crippen LogP contribution is -2.47. The van der Waals surface area contributed by atoms with Crippen LogP contribution in [0.1, 0.15) is 25.7 Å². The van der Waals surface area contributed by atoms with E-state index < -0.39 is 8.07 Å². The van der Waals surface area contributed by atoms with Gasteiger partial charge in [0, 0.05) is 21.2 Å². The first-order valence-corrected chi connectivity index (χ1v) is 11.7. The van der Waals surface area contributed by atoms with Crippen LogP contribution in [0.25, 0.3) is 0 Å². The molecular formula is C15H30N2O2Si. The number of carbonyl (C=O) groups excluding carboxylic acids is 1. The zero-order valence-electron chi connectivity index (χ0n) is 13.3. The van der Waals surface area contributed by atoms with Gasteiger partial charge in [-0.1, -0.05) is 19.6 Å². The highest BCUT2D eigenvalue weighted by molar-refractivity contribution is 6.76. The van der Waals surface area contributed by atoms with Crippen molar-refractivity contribution < 1.29 is 9.53 Å². The summed E-state index contributed by atoms with van der Waals surface area (Å²) >= 11 is 0. The topological polar surface area (TPSA) is 41.6 Å². The Hall–Kier alpha value is -0.553. The van der Waals surface area contributed by atoms with Gasteiger partial charge in [0.1, 0.15) is 0 Å². The van der Waals surface area contributed by atoms with Crippen LogP contribution in [0.3, 0.4) is 0 Å². The van der Waals surface area contributed by atoms with Crippen molar-refractivity contribution in [1.82, 2.24) is 10.2 Å². The SMILES string of the molecule is C[Si](C)(C)CCOC(=O)N1CCC2(CCNCC2)CC1. The van der Waals surface area contributed by atoms with E-state index in [1.807, 2.05) is 4.90 Å². The van der Waals surface area contributed by atoms with Crippen LogP contribution in [0, 0.1) is 5.41 Å². The largest absolute Gasteiger partial charge is 0.450 e. The molecule has 116 valence electrons. The Labute approximate surface area is 124 Å². The zero-order chi connectivity index (χ0) is 14.6. The van der Waals surface area contributed by atoms with Crippen molar-refractivity contribution >= 4 is 14.2 Å². The van der Waals surface area contributed by atoms with Gasteiger partial charge in [-0.05, 0) is 50.2 Å². The fraction of sp³-hybridized carbons (Fsp3) is 0.933. The van der Waals surface area contributed by atoms with Gasteiger partial charge in [-0.2, -0.15) is 0 Å². The summed E-state index contributed by atoms with van der Waals surface area (Å²) in [6.45, 7) is 11.6. The number of nitrogens with zero attached hydrogens (tertiary/aromatic N) is 1. The number of amides is 1. The number of carbonyl (C=O) groups is 1. The quantitative estimate of drug-likeness (QED) is 0.815. The number of nitrogens with one attached hydrogen (secondary N) is 1. The Morgan fingerprint density at radius 3 is 2.30 bits per heavy atom. The lowest BCUT2D eigenvalue weighted by molar-refractivity contribution is 0.0540. The minimum Gasteiger partial charge on any atom is -0.450 e. The van der Waals surface area contributed by atoms with Gasteiger partial charge in [-0.25, -0.2) is 4.79 Å². The molecule has 0 bridgehead atoms. The predicted octanol–water partition coefficient (Wildman–Crippen LogP) is 2.93. The van der Waals surface area contributed by atoms with Gasteiger partial charge in [0.05, 0.1) is 6.61 Å². The van der Waals surface area contributed by atoms with E-state index in [4.69, 9.17) is 4.74 Å². The molecule has 1 amide bonds. The summed E-state index contributed by atoms with van der Waals surface area (Å²) in [5.41, 5.74) is 0.500. The third-order valence-corrected chi connectivity index (χ3v) is 6.53. The highest BCUT2D eigenvalue weighted by Gasteiger charge is 2.37. The number of hydrogen-bond donors (Lipinski definition) is 1. The molecule has 0 atom stereocenters. The number of ether oxygens (including phenoxy) is 1. The van der Waals surface area contributed by atoms with Crippen LogP contribution in [0.15, 0.2) is 0 Å². The summed E-state index contributed by atoms with van der Waals surface area (Å²) in [7, 11) is -1.11. The molecule has 2 aliphatic heterocycles. The monoisotopic (exact) mass is 298 g/mol. The molecule has 2 fully saturated rings. The summed E-state index contributed by atoms with van der Waals surface area (Å²) in [4.78, 5) is 14.0. The number of likely N-dealkylation sites (tertiary alicyclic amines) is 1. The summed E-state index contributed by atoms with van der Waals surface area (Å²) in [6.07, 6.45) is 4.75. The van der Waals surface area contributed by atoms with Gasteiger partial charge in [0.25, 0.3) is 0 Å². The summed E-state index contributed by atoms with van der Waals surface area (Å²) in [6, 6.07) is 1.06. The highest BCUT2D eigenvalue weighted by Crippen LogP contribution is 2.39. The Balaban J connectivity index is 1.71. The summed E-state index contributed by atoms with van der Waals surface area (Å²) in [5.74, 6) is 0. The lowest BCUT2D eigenvalue weighted by atomic mass is 9.72. The molecule has 2 aliphatic rings. The van der Waals surface area contributed by atoms with Crippen molar-refractivity contribution in [2.45, 2.75) is 51.4 Å². The first kappa shape index (κ1) is 15.8. The van der Waals surface area contributed by atoms with E-state index in [9.17, 15) is 4.79 Å². The maximum atomic E-state index is 12.1. The van der Waals surface area contributed by atoms with Gasteiger partial charge in [-0.3, -0.25) is 0 Å². The van der Waals surface area contributed by atoms with Crippen LogP contribution >= 0.6 is 0 Å². The van der Waals surface area contributed by atoms with E-state index in [2.05, 4.69) is 25.0 Å². The van der Waals surface area contributed by atoms with Crippen molar-refractivity contribution in [3.05, 3.63) is 0 Å².